The summed E-state index contributed by atoms with van der Waals surface area (Å²) < 4.78 is 4.76. The standard InChI is InChI=1S/C34H38N2/c1-27(2)12-4-3-5-13-28-22-29(25-35-20-10-16-31-14-6-8-18-33(31)35)24-30(23-28)26-36-21-11-17-32-15-7-9-19-34(32)36/h6-11,14-24,27H,3-5,12-13,25-26H2,1-2H3/q+2. The maximum atomic E-state index is 2.44. The fraction of sp³-hybridized carbons (Fsp3) is 0.294. The minimum atomic E-state index is 0.801. The van der Waals surface area contributed by atoms with E-state index in [2.05, 4.69) is 126 Å². The molecule has 2 nitrogen and oxygen atoms in total. The molecule has 0 bridgehead atoms. The number of aromatic nitrogens is 2. The van der Waals surface area contributed by atoms with Crippen LogP contribution in [0.5, 0.6) is 0 Å². The monoisotopic (exact) mass is 474 g/mol. The van der Waals surface area contributed by atoms with Gasteiger partial charge in [-0.15, -0.1) is 0 Å². The maximum Gasteiger partial charge on any atom is 0.212 e. The molecule has 3 aromatic carbocycles. The Hall–Kier alpha value is -3.52. The topological polar surface area (TPSA) is 7.76 Å². The molecule has 0 N–H and O–H groups in total. The number of unbranched alkanes of at least 4 members (excludes halogenated alkanes) is 2. The molecule has 0 spiro atoms. The van der Waals surface area contributed by atoms with Gasteiger partial charge < -0.3 is 0 Å². The third-order valence-electron chi connectivity index (χ3n) is 7.14. The summed E-state index contributed by atoms with van der Waals surface area (Å²) >= 11 is 0. The largest absolute Gasteiger partial charge is 0.212 e. The number of nitrogens with zero attached hydrogens (tertiary/aromatic N) is 2. The molecule has 0 aliphatic carbocycles. The number of benzene rings is 3. The summed E-state index contributed by atoms with van der Waals surface area (Å²) in [5.74, 6) is 0.801. The van der Waals surface area contributed by atoms with Crippen molar-refractivity contribution in [2.24, 2.45) is 5.92 Å². The van der Waals surface area contributed by atoms with Crippen LogP contribution in [0.15, 0.2) is 103 Å². The molecule has 0 aliphatic heterocycles. The average molecular weight is 475 g/mol. The Labute approximate surface area is 215 Å². The second-order valence-corrected chi connectivity index (χ2v) is 10.5. The van der Waals surface area contributed by atoms with Gasteiger partial charge >= 0.3 is 0 Å². The Morgan fingerprint density at radius 2 is 1.06 bits per heavy atom. The minimum Gasteiger partial charge on any atom is -0.194 e. The lowest BCUT2D eigenvalue weighted by molar-refractivity contribution is -0.663. The van der Waals surface area contributed by atoms with Gasteiger partial charge in [0, 0.05) is 46.2 Å². The number of pyridine rings is 2. The number of fused-ring (bicyclic) bond motifs is 2. The zero-order chi connectivity index (χ0) is 24.7. The molecule has 0 aliphatic rings. The van der Waals surface area contributed by atoms with Crippen molar-refractivity contribution in [2.75, 3.05) is 0 Å². The van der Waals surface area contributed by atoms with E-state index in [1.165, 1.54) is 64.2 Å². The van der Waals surface area contributed by atoms with E-state index >= 15 is 0 Å². The molecular formula is C34H38N2+2. The van der Waals surface area contributed by atoms with Gasteiger partial charge in [0.15, 0.2) is 25.5 Å². The molecule has 0 unspecified atom stereocenters. The second kappa shape index (κ2) is 11.5. The zero-order valence-corrected chi connectivity index (χ0v) is 21.7. The molecule has 182 valence electrons. The molecule has 5 rings (SSSR count). The van der Waals surface area contributed by atoms with Gasteiger partial charge in [0.2, 0.25) is 11.0 Å². The predicted molar refractivity (Wildman–Crippen MR) is 150 cm³/mol. The van der Waals surface area contributed by atoms with Gasteiger partial charge in [-0.05, 0) is 66.8 Å². The smallest absolute Gasteiger partial charge is 0.194 e. The number of aryl methyl sites for hydroxylation is 1. The van der Waals surface area contributed by atoms with E-state index in [0.29, 0.717) is 0 Å². The van der Waals surface area contributed by atoms with E-state index in [1.807, 2.05) is 0 Å². The Bertz CT molecular complexity index is 1340. The summed E-state index contributed by atoms with van der Waals surface area (Å²) in [6.45, 7) is 6.42. The summed E-state index contributed by atoms with van der Waals surface area (Å²) in [7, 11) is 0. The molecule has 0 fully saturated rings. The van der Waals surface area contributed by atoms with Crippen molar-refractivity contribution < 1.29 is 9.13 Å². The summed E-state index contributed by atoms with van der Waals surface area (Å²) in [5.41, 5.74) is 6.79. The van der Waals surface area contributed by atoms with Crippen LogP contribution < -0.4 is 9.13 Å². The van der Waals surface area contributed by atoms with E-state index < -0.39 is 0 Å². The first-order chi connectivity index (χ1) is 17.7. The lowest BCUT2D eigenvalue weighted by atomic mass is 9.99. The molecule has 0 radical (unpaired) electrons. The number of rotatable bonds is 10. The van der Waals surface area contributed by atoms with Gasteiger partial charge in [-0.1, -0.05) is 57.4 Å². The normalized spacial score (nSPS) is 11.5. The number of hydrogen-bond acceptors (Lipinski definition) is 0. The highest BCUT2D eigenvalue weighted by molar-refractivity contribution is 5.75. The van der Waals surface area contributed by atoms with E-state index in [-0.39, 0.29) is 0 Å². The fourth-order valence-corrected chi connectivity index (χ4v) is 5.34. The minimum absolute atomic E-state index is 0.801. The van der Waals surface area contributed by atoms with Crippen molar-refractivity contribution in [3.8, 4) is 0 Å². The highest BCUT2D eigenvalue weighted by Crippen LogP contribution is 2.17. The molecule has 2 heteroatoms. The van der Waals surface area contributed by atoms with E-state index in [9.17, 15) is 0 Å². The Morgan fingerprint density at radius 3 is 1.61 bits per heavy atom. The first kappa shape index (κ1) is 24.2. The predicted octanol–water partition coefficient (Wildman–Crippen LogP) is 7.42. The summed E-state index contributed by atoms with van der Waals surface area (Å²) in [6, 6.07) is 33.3. The third-order valence-corrected chi connectivity index (χ3v) is 7.14. The van der Waals surface area contributed by atoms with Crippen LogP contribution in [0.25, 0.3) is 21.8 Å². The molecular weight excluding hydrogens is 436 g/mol. The fourth-order valence-electron chi connectivity index (χ4n) is 5.34. The van der Waals surface area contributed by atoms with Gasteiger partial charge in [0.1, 0.15) is 0 Å². The Kier molecular flexibility index (Phi) is 7.71. The van der Waals surface area contributed by atoms with E-state index in [0.717, 1.165) is 25.4 Å². The first-order valence-electron chi connectivity index (χ1n) is 13.5. The van der Waals surface area contributed by atoms with E-state index in [4.69, 9.17) is 0 Å². The van der Waals surface area contributed by atoms with Crippen molar-refractivity contribution in [3.63, 3.8) is 0 Å². The molecule has 0 saturated heterocycles. The van der Waals surface area contributed by atoms with Crippen molar-refractivity contribution in [3.05, 3.63) is 120 Å². The lowest BCUT2D eigenvalue weighted by Gasteiger charge is -2.10. The van der Waals surface area contributed by atoms with Gasteiger partial charge in [-0.2, -0.15) is 9.13 Å². The molecule has 2 aromatic heterocycles. The number of para-hydroxylation sites is 2. The highest BCUT2D eigenvalue weighted by Gasteiger charge is 2.14. The van der Waals surface area contributed by atoms with Crippen LogP contribution in [-0.4, -0.2) is 0 Å². The van der Waals surface area contributed by atoms with Crippen molar-refractivity contribution >= 4 is 21.8 Å². The maximum absolute atomic E-state index is 2.44. The summed E-state index contributed by atoms with van der Waals surface area (Å²) in [4.78, 5) is 0. The van der Waals surface area contributed by atoms with Gasteiger partial charge in [-0.25, -0.2) is 0 Å². The van der Waals surface area contributed by atoms with Crippen LogP contribution in [0.2, 0.25) is 0 Å². The van der Waals surface area contributed by atoms with Crippen molar-refractivity contribution in [2.45, 2.75) is 59.0 Å². The first-order valence-corrected chi connectivity index (χ1v) is 13.5. The average Bonchev–Trinajstić information content (AvgIpc) is 2.89. The van der Waals surface area contributed by atoms with Crippen molar-refractivity contribution in [1.29, 1.82) is 0 Å². The molecule has 2 heterocycles. The van der Waals surface area contributed by atoms with Gasteiger partial charge in [0.25, 0.3) is 0 Å². The van der Waals surface area contributed by atoms with Crippen LogP contribution in [0.4, 0.5) is 0 Å². The highest BCUT2D eigenvalue weighted by atomic mass is 15.0. The molecule has 0 saturated carbocycles. The summed E-state index contributed by atoms with van der Waals surface area (Å²) in [5, 5.41) is 2.57. The quantitative estimate of drug-likeness (QED) is 0.147. The molecule has 36 heavy (non-hydrogen) atoms. The van der Waals surface area contributed by atoms with Gasteiger partial charge in [-0.3, -0.25) is 0 Å². The Morgan fingerprint density at radius 1 is 0.556 bits per heavy atom. The second-order valence-electron chi connectivity index (χ2n) is 10.5. The zero-order valence-electron chi connectivity index (χ0n) is 21.7. The van der Waals surface area contributed by atoms with Crippen LogP contribution in [0.3, 0.4) is 0 Å². The van der Waals surface area contributed by atoms with Crippen molar-refractivity contribution in [1.82, 2.24) is 0 Å². The number of hydrogen-bond donors (Lipinski definition) is 0. The molecule has 5 aromatic rings. The third kappa shape index (κ3) is 5.99. The van der Waals surface area contributed by atoms with Crippen LogP contribution >= 0.6 is 0 Å². The SMILES string of the molecule is CC(C)CCCCCc1cc(C[n+]2cccc3ccccc32)cc(C[n+]2cccc3ccccc32)c1. The van der Waals surface area contributed by atoms with E-state index in [1.54, 1.807) is 0 Å². The molecule has 0 amide bonds. The molecule has 0 atom stereocenters. The summed E-state index contributed by atoms with van der Waals surface area (Å²) in [6.07, 6.45) is 10.8. The van der Waals surface area contributed by atoms with Crippen LogP contribution in [0.1, 0.15) is 56.2 Å². The van der Waals surface area contributed by atoms with Gasteiger partial charge in [0.05, 0.1) is 0 Å². The lowest BCUT2D eigenvalue weighted by Crippen LogP contribution is -2.36. The van der Waals surface area contributed by atoms with Crippen LogP contribution in [0, 0.1) is 5.92 Å². The van der Waals surface area contributed by atoms with Crippen LogP contribution in [-0.2, 0) is 19.5 Å². The Balaban J connectivity index is 1.44.